The average molecular weight is 502 g/mol. The normalized spacial score (nSPS) is 11.6. The molecule has 2 aromatic heterocycles. The molecule has 0 spiro atoms. The molecule has 10 nitrogen and oxygen atoms in total. The third-order valence-electron chi connectivity index (χ3n) is 5.48. The van der Waals surface area contributed by atoms with E-state index in [-0.39, 0.29) is 11.1 Å². The number of carbonyl (C=O) groups is 2. The van der Waals surface area contributed by atoms with Gasteiger partial charge in [-0.2, -0.15) is 4.80 Å². The van der Waals surface area contributed by atoms with Crippen molar-refractivity contribution in [1.82, 2.24) is 25.3 Å². The number of hydrogen-bond donors (Lipinski definition) is 2. The van der Waals surface area contributed by atoms with Crippen LogP contribution >= 0.6 is 0 Å². The second-order valence-corrected chi connectivity index (χ2v) is 10.3. The minimum atomic E-state index is -3.35. The van der Waals surface area contributed by atoms with Crippen molar-refractivity contribution in [2.75, 3.05) is 12.1 Å². The van der Waals surface area contributed by atoms with Crippen LogP contribution in [-0.4, -0.2) is 57.5 Å². The number of benzene rings is 3. The molecule has 0 fully saturated rings. The molecule has 0 saturated carbocycles. The first-order valence-electron chi connectivity index (χ1n) is 10.8. The van der Waals surface area contributed by atoms with Crippen LogP contribution in [0.25, 0.3) is 38.9 Å². The number of hydrogen-bond acceptors (Lipinski definition) is 7. The van der Waals surface area contributed by atoms with Crippen LogP contribution in [0.1, 0.15) is 20.7 Å². The van der Waals surface area contributed by atoms with Crippen LogP contribution in [-0.2, 0) is 9.84 Å². The quantitative estimate of drug-likeness (QED) is 0.361. The number of nitrogens with zero attached hydrogens (tertiary/aromatic N) is 4. The maximum atomic E-state index is 12.2. The third kappa shape index (κ3) is 4.51. The Hall–Kier alpha value is -4.64. The zero-order chi connectivity index (χ0) is 25.4. The molecule has 0 atom stereocenters. The number of aromatic nitrogens is 4. The predicted molar refractivity (Wildman–Crippen MR) is 134 cm³/mol. The molecular weight excluding hydrogens is 482 g/mol. The summed E-state index contributed by atoms with van der Waals surface area (Å²) in [4.78, 5) is 30.5. The van der Waals surface area contributed by atoms with Gasteiger partial charge in [-0.25, -0.2) is 18.2 Å². The maximum Gasteiger partial charge on any atom is 0.336 e. The SMILES string of the molecule is CS(=O)(=O)CNC(=O)c1ccc(-c2cc(C(=O)O)c3c(ccc4nn(-c5ccccc5)nc43)n2)cc1. The van der Waals surface area contributed by atoms with Crippen molar-refractivity contribution >= 4 is 43.7 Å². The van der Waals surface area contributed by atoms with Gasteiger partial charge in [0.1, 0.15) is 16.9 Å². The fourth-order valence-electron chi connectivity index (χ4n) is 3.78. The van der Waals surface area contributed by atoms with Gasteiger partial charge >= 0.3 is 5.97 Å². The van der Waals surface area contributed by atoms with Crippen molar-refractivity contribution in [3.05, 3.63) is 83.9 Å². The smallest absolute Gasteiger partial charge is 0.336 e. The number of rotatable bonds is 6. The lowest BCUT2D eigenvalue weighted by Crippen LogP contribution is -2.28. The topological polar surface area (TPSA) is 144 Å². The first-order chi connectivity index (χ1) is 17.2. The van der Waals surface area contributed by atoms with E-state index in [0.29, 0.717) is 33.2 Å². The number of sulfone groups is 1. The van der Waals surface area contributed by atoms with Gasteiger partial charge in [0.05, 0.1) is 22.5 Å². The fourth-order valence-corrected chi connectivity index (χ4v) is 4.18. The Bertz CT molecular complexity index is 1750. The molecule has 0 saturated heterocycles. The molecule has 5 rings (SSSR count). The number of nitrogens with one attached hydrogen (secondary N) is 1. The summed E-state index contributed by atoms with van der Waals surface area (Å²) in [6.45, 7) is 0. The van der Waals surface area contributed by atoms with E-state index in [1.54, 1.807) is 24.3 Å². The van der Waals surface area contributed by atoms with Crippen LogP contribution in [0.15, 0.2) is 72.8 Å². The molecule has 5 aromatic rings. The van der Waals surface area contributed by atoms with Gasteiger partial charge in [0.15, 0.2) is 9.84 Å². The predicted octanol–water partition coefficient (Wildman–Crippen LogP) is 3.07. The van der Waals surface area contributed by atoms with Crippen LogP contribution < -0.4 is 5.32 Å². The largest absolute Gasteiger partial charge is 0.478 e. The number of pyridine rings is 1. The lowest BCUT2D eigenvalue weighted by molar-refractivity contribution is 0.0698. The maximum absolute atomic E-state index is 12.2. The Morgan fingerprint density at radius 1 is 0.944 bits per heavy atom. The van der Waals surface area contributed by atoms with E-state index in [0.717, 1.165) is 11.9 Å². The first-order valence-corrected chi connectivity index (χ1v) is 12.8. The number of fused-ring (bicyclic) bond motifs is 3. The van der Waals surface area contributed by atoms with Crippen molar-refractivity contribution in [2.24, 2.45) is 0 Å². The van der Waals surface area contributed by atoms with Crippen LogP contribution in [0.5, 0.6) is 0 Å². The molecule has 2 N–H and O–H groups in total. The molecule has 0 aliphatic heterocycles. The minimum Gasteiger partial charge on any atom is -0.478 e. The molecule has 2 heterocycles. The van der Waals surface area contributed by atoms with Gasteiger partial charge in [-0.15, -0.1) is 10.2 Å². The van der Waals surface area contributed by atoms with Crippen molar-refractivity contribution < 1.29 is 23.1 Å². The summed E-state index contributed by atoms with van der Waals surface area (Å²) >= 11 is 0. The monoisotopic (exact) mass is 501 g/mol. The molecule has 1 amide bonds. The molecule has 0 aliphatic rings. The zero-order valence-electron chi connectivity index (χ0n) is 18.9. The Morgan fingerprint density at radius 2 is 1.64 bits per heavy atom. The second-order valence-electron chi connectivity index (χ2n) is 8.17. The Kier molecular flexibility index (Phi) is 5.69. The summed E-state index contributed by atoms with van der Waals surface area (Å²) in [7, 11) is -3.35. The van der Waals surface area contributed by atoms with E-state index in [4.69, 9.17) is 0 Å². The summed E-state index contributed by atoms with van der Waals surface area (Å²) in [6, 6.07) is 20.5. The van der Waals surface area contributed by atoms with Crippen LogP contribution in [0, 0.1) is 0 Å². The van der Waals surface area contributed by atoms with Crippen molar-refractivity contribution in [1.29, 1.82) is 0 Å². The Labute approximate surface area is 205 Å². The van der Waals surface area contributed by atoms with Gasteiger partial charge in [0.2, 0.25) is 0 Å². The molecule has 11 heteroatoms. The standard InChI is InChI=1S/C25H19N5O5S/c1-36(34,35)14-26-24(31)16-9-7-15(8-10-16)21-13-18(25(32)33)22-19(27-21)11-12-20-23(22)29-30(28-20)17-5-3-2-4-6-17/h2-13H,14H2,1H3,(H,26,31)(H,32,33). The summed E-state index contributed by atoms with van der Waals surface area (Å²) in [5.41, 5.74) is 3.41. The molecule has 180 valence electrons. The van der Waals surface area contributed by atoms with Gasteiger partial charge in [0, 0.05) is 22.8 Å². The molecule has 0 aliphatic carbocycles. The van der Waals surface area contributed by atoms with E-state index >= 15 is 0 Å². The lowest BCUT2D eigenvalue weighted by Gasteiger charge is -2.09. The van der Waals surface area contributed by atoms with Crippen LogP contribution in [0.2, 0.25) is 0 Å². The summed E-state index contributed by atoms with van der Waals surface area (Å²) in [5.74, 6) is -2.14. The molecule has 0 unspecified atom stereocenters. The number of aromatic carboxylic acids is 1. The fraction of sp³-hybridized carbons (Fsp3) is 0.0800. The van der Waals surface area contributed by atoms with E-state index in [1.165, 1.54) is 23.0 Å². The number of carboxylic acid groups (broad SMARTS) is 1. The van der Waals surface area contributed by atoms with Gasteiger partial charge < -0.3 is 10.4 Å². The highest BCUT2D eigenvalue weighted by Crippen LogP contribution is 2.30. The van der Waals surface area contributed by atoms with E-state index < -0.39 is 27.6 Å². The molecule has 0 radical (unpaired) electrons. The molecule has 3 aromatic carbocycles. The van der Waals surface area contributed by atoms with Crippen LogP contribution in [0.3, 0.4) is 0 Å². The van der Waals surface area contributed by atoms with Gasteiger partial charge in [-0.05, 0) is 42.5 Å². The highest BCUT2D eigenvalue weighted by molar-refractivity contribution is 7.90. The number of carbonyl (C=O) groups excluding carboxylic acids is 1. The third-order valence-corrected chi connectivity index (χ3v) is 6.15. The molecular formula is C25H19N5O5S. The highest BCUT2D eigenvalue weighted by Gasteiger charge is 2.19. The first kappa shape index (κ1) is 23.1. The summed E-state index contributed by atoms with van der Waals surface area (Å²) in [6.07, 6.45) is 1.03. The Balaban J connectivity index is 1.56. The van der Waals surface area contributed by atoms with Crippen molar-refractivity contribution in [2.45, 2.75) is 0 Å². The second kappa shape index (κ2) is 8.86. The van der Waals surface area contributed by atoms with Gasteiger partial charge in [-0.1, -0.05) is 30.3 Å². The Morgan fingerprint density at radius 3 is 2.31 bits per heavy atom. The zero-order valence-corrected chi connectivity index (χ0v) is 19.7. The average Bonchev–Trinajstić information content (AvgIpc) is 3.31. The number of carboxylic acids is 1. The number of amides is 1. The molecule has 36 heavy (non-hydrogen) atoms. The lowest BCUT2D eigenvalue weighted by atomic mass is 10.0. The van der Waals surface area contributed by atoms with E-state index in [1.807, 2.05) is 30.3 Å². The van der Waals surface area contributed by atoms with Gasteiger partial charge in [0.25, 0.3) is 5.91 Å². The van der Waals surface area contributed by atoms with Crippen molar-refractivity contribution in [3.8, 4) is 16.9 Å². The van der Waals surface area contributed by atoms with E-state index in [2.05, 4.69) is 20.5 Å². The summed E-state index contributed by atoms with van der Waals surface area (Å²) < 4.78 is 22.5. The summed E-state index contributed by atoms with van der Waals surface area (Å²) in [5, 5.41) is 21.7. The number of para-hydroxylation sites is 1. The molecule has 0 bridgehead atoms. The van der Waals surface area contributed by atoms with Crippen LogP contribution in [0.4, 0.5) is 0 Å². The van der Waals surface area contributed by atoms with E-state index in [9.17, 15) is 23.1 Å². The minimum absolute atomic E-state index is 0.0238. The highest BCUT2D eigenvalue weighted by atomic mass is 32.2. The van der Waals surface area contributed by atoms with Gasteiger partial charge in [-0.3, -0.25) is 4.79 Å². The van der Waals surface area contributed by atoms with Crippen molar-refractivity contribution in [3.63, 3.8) is 0 Å².